The molecule has 1 unspecified atom stereocenters. The number of benzene rings is 1. The zero-order valence-corrected chi connectivity index (χ0v) is 12.8. The van der Waals surface area contributed by atoms with E-state index in [1.54, 1.807) is 32.0 Å². The van der Waals surface area contributed by atoms with Gasteiger partial charge in [0.05, 0.1) is 5.41 Å². The maximum absolute atomic E-state index is 12.2. The topological polar surface area (TPSA) is 84.9 Å². The summed E-state index contributed by atoms with van der Waals surface area (Å²) in [6.45, 7) is 3.80. The number of aliphatic carboxylic acids is 1. The first-order valence-corrected chi connectivity index (χ1v) is 7.42. The largest absolute Gasteiger partial charge is 0.485 e. The zero-order valence-electron chi connectivity index (χ0n) is 12.8. The van der Waals surface area contributed by atoms with Gasteiger partial charge < -0.3 is 19.9 Å². The molecule has 1 aromatic carbocycles. The normalized spacial score (nSPS) is 16.9. The first-order chi connectivity index (χ1) is 10.5. The van der Waals surface area contributed by atoms with Gasteiger partial charge in [0.2, 0.25) is 6.10 Å². The molecular formula is C16H21NO5. The summed E-state index contributed by atoms with van der Waals surface area (Å²) in [5.41, 5.74) is -0.941. The van der Waals surface area contributed by atoms with Crippen molar-refractivity contribution in [1.82, 2.24) is 5.32 Å². The fourth-order valence-electron chi connectivity index (χ4n) is 2.40. The van der Waals surface area contributed by atoms with Crippen LogP contribution in [-0.2, 0) is 9.59 Å². The molecule has 1 amide bonds. The van der Waals surface area contributed by atoms with E-state index >= 15 is 0 Å². The Morgan fingerprint density at radius 3 is 2.50 bits per heavy atom. The molecule has 0 spiro atoms. The minimum atomic E-state index is -0.941. The van der Waals surface area contributed by atoms with E-state index < -0.39 is 17.5 Å². The Kier molecular flexibility index (Phi) is 4.90. The van der Waals surface area contributed by atoms with Gasteiger partial charge in [-0.25, -0.2) is 0 Å². The lowest BCUT2D eigenvalue weighted by Gasteiger charge is -2.29. The average molecular weight is 307 g/mol. The Morgan fingerprint density at radius 2 is 1.91 bits per heavy atom. The molecule has 2 N–H and O–H groups in total. The van der Waals surface area contributed by atoms with Crippen molar-refractivity contribution in [3.8, 4) is 11.5 Å². The molecule has 22 heavy (non-hydrogen) atoms. The van der Waals surface area contributed by atoms with E-state index in [1.807, 2.05) is 6.07 Å². The van der Waals surface area contributed by atoms with Crippen molar-refractivity contribution in [2.45, 2.75) is 32.8 Å². The number of nitrogens with one attached hydrogen (secondary N) is 1. The maximum atomic E-state index is 12.2. The number of rotatable bonds is 6. The number of carbonyl (C=O) groups is 2. The Hall–Kier alpha value is -2.24. The quantitative estimate of drug-likeness (QED) is 0.837. The van der Waals surface area contributed by atoms with E-state index in [2.05, 4.69) is 5.32 Å². The molecule has 0 aromatic heterocycles. The van der Waals surface area contributed by atoms with Crippen molar-refractivity contribution in [2.75, 3.05) is 13.2 Å². The summed E-state index contributed by atoms with van der Waals surface area (Å²) in [4.78, 5) is 23.6. The SMILES string of the molecule is CCC(CC)(CNC(=O)C1COc2ccccc2O1)C(=O)O. The van der Waals surface area contributed by atoms with E-state index in [9.17, 15) is 14.7 Å². The molecule has 0 bridgehead atoms. The van der Waals surface area contributed by atoms with Gasteiger partial charge in [-0.1, -0.05) is 26.0 Å². The van der Waals surface area contributed by atoms with Crippen LogP contribution >= 0.6 is 0 Å². The summed E-state index contributed by atoms with van der Waals surface area (Å²) in [5, 5.41) is 12.1. The highest BCUT2D eigenvalue weighted by Crippen LogP contribution is 2.31. The number of fused-ring (bicyclic) bond motifs is 1. The number of carboxylic acid groups (broad SMARTS) is 1. The smallest absolute Gasteiger partial charge is 0.311 e. The highest BCUT2D eigenvalue weighted by atomic mass is 16.6. The van der Waals surface area contributed by atoms with Gasteiger partial charge in [-0.05, 0) is 25.0 Å². The molecule has 1 aliphatic heterocycles. The molecule has 1 aliphatic rings. The summed E-state index contributed by atoms with van der Waals surface area (Å²) >= 11 is 0. The predicted molar refractivity (Wildman–Crippen MR) is 80.0 cm³/mol. The van der Waals surface area contributed by atoms with Gasteiger partial charge in [-0.2, -0.15) is 0 Å². The van der Waals surface area contributed by atoms with E-state index in [-0.39, 0.29) is 19.1 Å². The molecule has 0 aliphatic carbocycles. The van der Waals surface area contributed by atoms with Crippen LogP contribution in [0.5, 0.6) is 11.5 Å². The maximum Gasteiger partial charge on any atom is 0.311 e. The van der Waals surface area contributed by atoms with Crippen LogP contribution in [0.1, 0.15) is 26.7 Å². The minimum Gasteiger partial charge on any atom is -0.485 e. The first kappa shape index (κ1) is 16.1. The molecule has 2 rings (SSSR count). The van der Waals surface area contributed by atoms with Gasteiger partial charge in [-0.3, -0.25) is 9.59 Å². The van der Waals surface area contributed by atoms with Gasteiger partial charge in [0, 0.05) is 6.54 Å². The number of amides is 1. The van der Waals surface area contributed by atoms with Gasteiger partial charge in [0.15, 0.2) is 11.5 Å². The Labute approximate surface area is 129 Å². The Bertz CT molecular complexity index is 553. The lowest BCUT2D eigenvalue weighted by atomic mass is 9.82. The van der Waals surface area contributed by atoms with Gasteiger partial charge >= 0.3 is 5.97 Å². The lowest BCUT2D eigenvalue weighted by molar-refractivity contribution is -0.149. The fraction of sp³-hybridized carbons (Fsp3) is 0.500. The summed E-state index contributed by atoms with van der Waals surface area (Å²) in [5.74, 6) is -0.135. The Morgan fingerprint density at radius 1 is 1.27 bits per heavy atom. The zero-order chi connectivity index (χ0) is 16.2. The summed E-state index contributed by atoms with van der Waals surface area (Å²) in [6.07, 6.45) is 0.128. The minimum absolute atomic E-state index is 0.0790. The number of hydrogen-bond acceptors (Lipinski definition) is 4. The van der Waals surface area contributed by atoms with E-state index in [0.717, 1.165) is 0 Å². The second-order valence-corrected chi connectivity index (χ2v) is 5.37. The van der Waals surface area contributed by atoms with Crippen LogP contribution in [0.2, 0.25) is 0 Å². The molecule has 0 saturated carbocycles. The van der Waals surface area contributed by atoms with Crippen LogP contribution in [0.15, 0.2) is 24.3 Å². The van der Waals surface area contributed by atoms with Gasteiger partial charge in [0.1, 0.15) is 6.61 Å². The van der Waals surface area contributed by atoms with E-state index in [0.29, 0.717) is 24.3 Å². The van der Waals surface area contributed by atoms with Crippen molar-refractivity contribution < 1.29 is 24.2 Å². The average Bonchev–Trinajstić information content (AvgIpc) is 2.55. The molecule has 6 nitrogen and oxygen atoms in total. The molecule has 0 fully saturated rings. The summed E-state index contributed by atoms with van der Waals surface area (Å²) < 4.78 is 11.1. The number of hydrogen-bond donors (Lipinski definition) is 2. The van der Waals surface area contributed by atoms with Gasteiger partial charge in [-0.15, -0.1) is 0 Å². The van der Waals surface area contributed by atoms with Crippen molar-refractivity contribution in [3.63, 3.8) is 0 Å². The number of carbonyl (C=O) groups excluding carboxylic acids is 1. The third-order valence-corrected chi connectivity index (χ3v) is 4.21. The first-order valence-electron chi connectivity index (χ1n) is 7.42. The van der Waals surface area contributed by atoms with Crippen molar-refractivity contribution in [2.24, 2.45) is 5.41 Å². The van der Waals surface area contributed by atoms with Crippen LogP contribution in [0.3, 0.4) is 0 Å². The third-order valence-electron chi connectivity index (χ3n) is 4.21. The molecule has 1 atom stereocenters. The van der Waals surface area contributed by atoms with Crippen LogP contribution in [-0.4, -0.2) is 36.2 Å². The van der Waals surface area contributed by atoms with Crippen molar-refractivity contribution in [3.05, 3.63) is 24.3 Å². The summed E-state index contributed by atoms with van der Waals surface area (Å²) in [7, 11) is 0. The lowest BCUT2D eigenvalue weighted by Crippen LogP contribution is -2.49. The molecule has 120 valence electrons. The fourth-order valence-corrected chi connectivity index (χ4v) is 2.40. The van der Waals surface area contributed by atoms with Crippen LogP contribution in [0.4, 0.5) is 0 Å². The number of para-hydroxylation sites is 2. The highest BCUT2D eigenvalue weighted by Gasteiger charge is 2.36. The van der Waals surface area contributed by atoms with E-state index in [4.69, 9.17) is 9.47 Å². The monoisotopic (exact) mass is 307 g/mol. The van der Waals surface area contributed by atoms with Crippen LogP contribution in [0.25, 0.3) is 0 Å². The van der Waals surface area contributed by atoms with Gasteiger partial charge in [0.25, 0.3) is 5.91 Å². The van der Waals surface area contributed by atoms with Crippen molar-refractivity contribution in [1.29, 1.82) is 0 Å². The Balaban J connectivity index is 1.98. The van der Waals surface area contributed by atoms with Crippen LogP contribution < -0.4 is 14.8 Å². The molecule has 0 saturated heterocycles. The number of carboxylic acids is 1. The number of ether oxygens (including phenoxy) is 2. The highest BCUT2D eigenvalue weighted by molar-refractivity contribution is 5.83. The standard InChI is InChI=1S/C16H21NO5/c1-3-16(4-2,15(19)20)10-17-14(18)13-9-21-11-7-5-6-8-12(11)22-13/h5-8,13H,3-4,9-10H2,1-2H3,(H,17,18)(H,19,20). The molecular weight excluding hydrogens is 286 g/mol. The second-order valence-electron chi connectivity index (χ2n) is 5.37. The second kappa shape index (κ2) is 6.68. The predicted octanol–water partition coefficient (Wildman–Crippen LogP) is 1.83. The van der Waals surface area contributed by atoms with E-state index in [1.165, 1.54) is 0 Å². The third kappa shape index (κ3) is 3.16. The van der Waals surface area contributed by atoms with Crippen molar-refractivity contribution >= 4 is 11.9 Å². The summed E-state index contributed by atoms with van der Waals surface area (Å²) in [6, 6.07) is 7.12. The molecule has 6 heteroatoms. The van der Waals surface area contributed by atoms with Crippen LogP contribution in [0, 0.1) is 5.41 Å². The molecule has 1 aromatic rings. The molecule has 0 radical (unpaired) electrons. The molecule has 1 heterocycles.